The fourth-order valence-electron chi connectivity index (χ4n) is 2.42. The summed E-state index contributed by atoms with van der Waals surface area (Å²) in [5.41, 5.74) is 6.10. The molecule has 0 aromatic heterocycles. The van der Waals surface area contributed by atoms with E-state index in [1.807, 2.05) is 0 Å². The van der Waals surface area contributed by atoms with Crippen LogP contribution in [0.4, 0.5) is 5.69 Å². The van der Waals surface area contributed by atoms with E-state index in [1.165, 1.54) is 4.31 Å². The van der Waals surface area contributed by atoms with Gasteiger partial charge in [-0.2, -0.15) is 4.31 Å². The van der Waals surface area contributed by atoms with Gasteiger partial charge in [0.05, 0.1) is 5.69 Å². The van der Waals surface area contributed by atoms with E-state index >= 15 is 0 Å². The molecule has 0 bridgehead atoms. The maximum absolute atomic E-state index is 12.6. The fourth-order valence-corrected chi connectivity index (χ4v) is 4.55. The quantitative estimate of drug-likeness (QED) is 0.832. The number of hydrogen-bond acceptors (Lipinski definition) is 4. The molecular formula is C13H19BrN2O3S. The molecule has 0 atom stereocenters. The van der Waals surface area contributed by atoms with Crippen molar-refractivity contribution in [1.82, 2.24) is 4.31 Å². The number of nitrogens with zero attached hydrogens (tertiary/aromatic N) is 1. The summed E-state index contributed by atoms with van der Waals surface area (Å²) in [6.07, 6.45) is 1.64. The summed E-state index contributed by atoms with van der Waals surface area (Å²) in [4.78, 5) is 0.178. The highest BCUT2D eigenvalue weighted by atomic mass is 79.9. The van der Waals surface area contributed by atoms with Crippen molar-refractivity contribution in [3.05, 3.63) is 22.7 Å². The molecule has 1 aliphatic heterocycles. The van der Waals surface area contributed by atoms with Gasteiger partial charge in [-0.15, -0.1) is 0 Å². The second-order valence-electron chi connectivity index (χ2n) is 4.98. The topological polar surface area (TPSA) is 72.6 Å². The van der Waals surface area contributed by atoms with Gasteiger partial charge in [-0.1, -0.05) is 15.9 Å². The second kappa shape index (κ2) is 6.43. The molecule has 2 rings (SSSR count). The Morgan fingerprint density at radius 1 is 1.40 bits per heavy atom. The Bertz CT molecular complexity index is 569. The summed E-state index contributed by atoms with van der Waals surface area (Å²) < 4.78 is 32.6. The Labute approximate surface area is 128 Å². The molecule has 1 fully saturated rings. The van der Waals surface area contributed by atoms with Crippen molar-refractivity contribution in [2.24, 2.45) is 5.92 Å². The Balaban J connectivity index is 2.18. The third kappa shape index (κ3) is 3.33. The van der Waals surface area contributed by atoms with Gasteiger partial charge in [0.1, 0.15) is 4.90 Å². The molecule has 0 saturated carbocycles. The van der Waals surface area contributed by atoms with Crippen molar-refractivity contribution < 1.29 is 13.2 Å². The summed E-state index contributed by atoms with van der Waals surface area (Å²) in [6.45, 7) is 1.72. The third-order valence-electron chi connectivity index (χ3n) is 3.57. The number of nitrogen functional groups attached to an aromatic ring is 1. The minimum atomic E-state index is -3.52. The fraction of sp³-hybridized carbons (Fsp3) is 0.538. The Morgan fingerprint density at radius 3 is 2.65 bits per heavy atom. The Morgan fingerprint density at radius 2 is 2.05 bits per heavy atom. The van der Waals surface area contributed by atoms with E-state index in [2.05, 4.69) is 15.9 Å². The summed E-state index contributed by atoms with van der Waals surface area (Å²) >= 11 is 3.29. The molecule has 0 spiro atoms. The van der Waals surface area contributed by atoms with Gasteiger partial charge >= 0.3 is 0 Å². The number of anilines is 1. The van der Waals surface area contributed by atoms with Gasteiger partial charge < -0.3 is 10.5 Å². The zero-order chi connectivity index (χ0) is 14.8. The molecule has 20 heavy (non-hydrogen) atoms. The molecule has 5 nitrogen and oxygen atoms in total. The van der Waals surface area contributed by atoms with Crippen LogP contribution < -0.4 is 5.73 Å². The number of ether oxygens (including phenoxy) is 1. The highest BCUT2D eigenvalue weighted by molar-refractivity contribution is 9.10. The number of piperidine rings is 1. The lowest BCUT2D eigenvalue weighted by Crippen LogP contribution is -2.39. The monoisotopic (exact) mass is 362 g/mol. The first-order chi connectivity index (χ1) is 9.45. The lowest BCUT2D eigenvalue weighted by atomic mass is 9.99. The van der Waals surface area contributed by atoms with Crippen molar-refractivity contribution in [1.29, 1.82) is 0 Å². The maximum Gasteiger partial charge on any atom is 0.245 e. The van der Waals surface area contributed by atoms with E-state index < -0.39 is 10.0 Å². The number of rotatable bonds is 4. The van der Waals surface area contributed by atoms with Crippen LogP contribution in [-0.4, -0.2) is 39.5 Å². The zero-order valence-electron chi connectivity index (χ0n) is 11.4. The van der Waals surface area contributed by atoms with E-state index in [0.717, 1.165) is 12.8 Å². The van der Waals surface area contributed by atoms with Gasteiger partial charge in [-0.25, -0.2) is 8.42 Å². The van der Waals surface area contributed by atoms with E-state index in [0.29, 0.717) is 30.1 Å². The largest absolute Gasteiger partial charge is 0.398 e. The molecule has 1 aromatic carbocycles. The van der Waals surface area contributed by atoms with Crippen molar-refractivity contribution in [2.75, 3.05) is 32.5 Å². The van der Waals surface area contributed by atoms with Crippen molar-refractivity contribution in [2.45, 2.75) is 17.7 Å². The van der Waals surface area contributed by atoms with Crippen LogP contribution in [0.1, 0.15) is 12.8 Å². The molecule has 2 N–H and O–H groups in total. The molecule has 0 amide bonds. The second-order valence-corrected chi connectivity index (χ2v) is 7.81. The Kier molecular flexibility index (Phi) is 5.06. The average Bonchev–Trinajstić information content (AvgIpc) is 2.42. The van der Waals surface area contributed by atoms with Crippen LogP contribution in [0.3, 0.4) is 0 Å². The highest BCUT2D eigenvalue weighted by Gasteiger charge is 2.30. The molecule has 1 heterocycles. The lowest BCUT2D eigenvalue weighted by Gasteiger charge is -2.31. The SMILES string of the molecule is COCC1CCN(S(=O)(=O)c2cc(Br)ccc2N)CC1. The predicted molar refractivity (Wildman–Crippen MR) is 81.9 cm³/mol. The molecule has 1 saturated heterocycles. The van der Waals surface area contributed by atoms with Crippen LogP contribution in [0.25, 0.3) is 0 Å². The van der Waals surface area contributed by atoms with Gasteiger partial charge in [-0.05, 0) is 37.0 Å². The van der Waals surface area contributed by atoms with E-state index in [1.54, 1.807) is 25.3 Å². The van der Waals surface area contributed by atoms with Crippen LogP contribution in [0.15, 0.2) is 27.6 Å². The third-order valence-corrected chi connectivity index (χ3v) is 6.02. The van der Waals surface area contributed by atoms with Crippen molar-refractivity contribution in [3.8, 4) is 0 Å². The van der Waals surface area contributed by atoms with Crippen molar-refractivity contribution >= 4 is 31.6 Å². The van der Waals surface area contributed by atoms with E-state index in [9.17, 15) is 8.42 Å². The van der Waals surface area contributed by atoms with Crippen molar-refractivity contribution in [3.63, 3.8) is 0 Å². The first-order valence-electron chi connectivity index (χ1n) is 6.49. The maximum atomic E-state index is 12.6. The van der Waals surface area contributed by atoms with Crippen LogP contribution in [0.5, 0.6) is 0 Å². The van der Waals surface area contributed by atoms with Crippen LogP contribution >= 0.6 is 15.9 Å². The van der Waals surface area contributed by atoms with Gasteiger partial charge in [0.25, 0.3) is 0 Å². The lowest BCUT2D eigenvalue weighted by molar-refractivity contribution is 0.121. The molecule has 1 aliphatic rings. The number of benzene rings is 1. The minimum absolute atomic E-state index is 0.178. The molecule has 112 valence electrons. The molecule has 7 heteroatoms. The number of hydrogen-bond donors (Lipinski definition) is 1. The van der Waals surface area contributed by atoms with Gasteiger partial charge in [0.2, 0.25) is 10.0 Å². The summed E-state index contributed by atoms with van der Waals surface area (Å²) in [7, 11) is -1.84. The smallest absolute Gasteiger partial charge is 0.245 e. The van der Waals surface area contributed by atoms with E-state index in [-0.39, 0.29) is 10.6 Å². The van der Waals surface area contributed by atoms with E-state index in [4.69, 9.17) is 10.5 Å². The van der Waals surface area contributed by atoms with Gasteiger partial charge in [0, 0.05) is 31.3 Å². The summed E-state index contributed by atoms with van der Waals surface area (Å²) in [5.74, 6) is 0.436. The first kappa shape index (κ1) is 15.8. The highest BCUT2D eigenvalue weighted by Crippen LogP contribution is 2.29. The summed E-state index contributed by atoms with van der Waals surface area (Å²) in [5, 5.41) is 0. The molecule has 0 radical (unpaired) electrons. The predicted octanol–water partition coefficient (Wildman–Crippen LogP) is 2.08. The molecule has 1 aromatic rings. The van der Waals surface area contributed by atoms with Gasteiger partial charge in [0.15, 0.2) is 0 Å². The molecule has 0 aliphatic carbocycles. The van der Waals surface area contributed by atoms with Crippen LogP contribution in [0.2, 0.25) is 0 Å². The zero-order valence-corrected chi connectivity index (χ0v) is 13.8. The summed E-state index contributed by atoms with van der Waals surface area (Å²) in [6, 6.07) is 4.90. The number of sulfonamides is 1. The number of methoxy groups -OCH3 is 1. The normalized spacial score (nSPS) is 18.3. The Hall–Kier alpha value is -0.630. The number of halogens is 1. The molecule has 0 unspecified atom stereocenters. The average molecular weight is 363 g/mol. The minimum Gasteiger partial charge on any atom is -0.398 e. The standard InChI is InChI=1S/C13H19BrN2O3S/c1-19-9-10-4-6-16(7-5-10)20(17,18)13-8-11(14)2-3-12(13)15/h2-3,8,10H,4-7,9,15H2,1H3. The van der Waals surface area contributed by atoms with Crippen LogP contribution in [0, 0.1) is 5.92 Å². The first-order valence-corrected chi connectivity index (χ1v) is 8.72. The van der Waals surface area contributed by atoms with Gasteiger partial charge in [-0.3, -0.25) is 0 Å². The van der Waals surface area contributed by atoms with Crippen LogP contribution in [-0.2, 0) is 14.8 Å². The number of nitrogens with two attached hydrogens (primary N) is 1. The molecular weight excluding hydrogens is 344 g/mol.